The van der Waals surface area contributed by atoms with Gasteiger partial charge in [0.05, 0.1) is 19.3 Å². The van der Waals surface area contributed by atoms with Gasteiger partial charge in [-0.05, 0) is 38.4 Å². The van der Waals surface area contributed by atoms with Crippen molar-refractivity contribution in [3.8, 4) is 0 Å². The number of halogens is 1. The monoisotopic (exact) mass is 515 g/mol. The van der Waals surface area contributed by atoms with Gasteiger partial charge in [0.2, 0.25) is 0 Å². The van der Waals surface area contributed by atoms with E-state index < -0.39 is 0 Å². The normalized spacial score (nSPS) is 22.2. The molecule has 2 N–H and O–H groups in total. The van der Waals surface area contributed by atoms with E-state index in [4.69, 9.17) is 4.74 Å². The van der Waals surface area contributed by atoms with E-state index in [0.29, 0.717) is 12.1 Å². The highest BCUT2D eigenvalue weighted by Gasteiger charge is 2.24. The molecule has 0 spiro atoms. The minimum Gasteiger partial charge on any atom is -0.379 e. The second-order valence-electron chi connectivity index (χ2n) is 7.84. The molecule has 2 aliphatic heterocycles. The van der Waals surface area contributed by atoms with Crippen LogP contribution in [0, 0.1) is 6.92 Å². The van der Waals surface area contributed by atoms with Gasteiger partial charge in [-0.25, -0.2) is 0 Å². The molecule has 2 saturated heterocycles. The molecular formula is C22H38IN5O. The number of benzene rings is 1. The van der Waals surface area contributed by atoms with Crippen molar-refractivity contribution in [2.45, 2.75) is 38.8 Å². The highest BCUT2D eigenvalue weighted by molar-refractivity contribution is 14.0. The smallest absolute Gasteiger partial charge is 0.191 e. The summed E-state index contributed by atoms with van der Waals surface area (Å²) in [5.41, 5.74) is 2.66. The van der Waals surface area contributed by atoms with E-state index >= 15 is 0 Å². The number of rotatable bonds is 7. The van der Waals surface area contributed by atoms with Gasteiger partial charge in [0.25, 0.3) is 0 Å². The van der Waals surface area contributed by atoms with Gasteiger partial charge in [-0.2, -0.15) is 0 Å². The molecule has 6 nitrogen and oxygen atoms in total. The predicted octanol–water partition coefficient (Wildman–Crippen LogP) is 2.64. The Morgan fingerprint density at radius 3 is 2.72 bits per heavy atom. The van der Waals surface area contributed by atoms with Crippen molar-refractivity contribution >= 4 is 29.9 Å². The molecule has 29 heavy (non-hydrogen) atoms. The van der Waals surface area contributed by atoms with Gasteiger partial charge in [0.15, 0.2) is 5.96 Å². The molecular weight excluding hydrogens is 477 g/mol. The number of likely N-dealkylation sites (N-methyl/N-ethyl adjacent to an activating group) is 1. The minimum atomic E-state index is 0. The molecule has 0 aliphatic carbocycles. The maximum Gasteiger partial charge on any atom is 0.191 e. The summed E-state index contributed by atoms with van der Waals surface area (Å²) in [4.78, 5) is 9.54. The Hall–Kier alpha value is -0.900. The van der Waals surface area contributed by atoms with Crippen molar-refractivity contribution in [2.75, 3.05) is 59.5 Å². The third-order valence-electron chi connectivity index (χ3n) is 6.01. The van der Waals surface area contributed by atoms with Gasteiger partial charge in [-0.15, -0.1) is 24.0 Å². The van der Waals surface area contributed by atoms with E-state index in [0.717, 1.165) is 51.9 Å². The van der Waals surface area contributed by atoms with Gasteiger partial charge in [0.1, 0.15) is 0 Å². The molecule has 0 aromatic heterocycles. The van der Waals surface area contributed by atoms with Gasteiger partial charge in [-0.3, -0.25) is 14.8 Å². The molecule has 3 rings (SSSR count). The minimum absolute atomic E-state index is 0. The molecule has 0 radical (unpaired) electrons. The van der Waals surface area contributed by atoms with Crippen molar-refractivity contribution in [3.63, 3.8) is 0 Å². The first-order valence-corrected chi connectivity index (χ1v) is 10.8. The largest absolute Gasteiger partial charge is 0.379 e. The Kier molecular flexibility index (Phi) is 10.7. The highest BCUT2D eigenvalue weighted by atomic mass is 127. The Bertz CT molecular complexity index is 635. The molecule has 7 heteroatoms. The average molecular weight is 515 g/mol. The molecule has 0 bridgehead atoms. The lowest BCUT2D eigenvalue weighted by molar-refractivity contribution is 0.0170. The Morgan fingerprint density at radius 1 is 1.24 bits per heavy atom. The molecule has 0 amide bonds. The number of hydrogen-bond acceptors (Lipinski definition) is 4. The van der Waals surface area contributed by atoms with Gasteiger partial charge in [0, 0.05) is 39.3 Å². The zero-order valence-corrected chi connectivity index (χ0v) is 20.5. The van der Waals surface area contributed by atoms with Crippen molar-refractivity contribution in [3.05, 3.63) is 35.4 Å². The maximum atomic E-state index is 5.57. The molecule has 1 aromatic carbocycles. The fourth-order valence-corrected chi connectivity index (χ4v) is 4.40. The summed E-state index contributed by atoms with van der Waals surface area (Å²) < 4.78 is 5.57. The Morgan fingerprint density at radius 2 is 2.03 bits per heavy atom. The SMILES string of the molecule is CCN1CCCC1CNC(=NC)NCC(c1cccc(C)c1)N1CCOCC1.I. The second kappa shape index (κ2) is 12.7. The summed E-state index contributed by atoms with van der Waals surface area (Å²) in [5.74, 6) is 0.897. The molecule has 2 fully saturated rings. The predicted molar refractivity (Wildman–Crippen MR) is 131 cm³/mol. The first kappa shape index (κ1) is 24.4. The van der Waals surface area contributed by atoms with Crippen LogP contribution in [0.1, 0.15) is 36.9 Å². The van der Waals surface area contributed by atoms with Crippen molar-refractivity contribution in [1.29, 1.82) is 0 Å². The van der Waals surface area contributed by atoms with Gasteiger partial charge in [-0.1, -0.05) is 36.8 Å². The fraction of sp³-hybridized carbons (Fsp3) is 0.682. The van der Waals surface area contributed by atoms with Gasteiger partial charge >= 0.3 is 0 Å². The lowest BCUT2D eigenvalue weighted by Gasteiger charge is -2.35. The van der Waals surface area contributed by atoms with Crippen LogP contribution in [0.3, 0.4) is 0 Å². The van der Waals surface area contributed by atoms with Crippen LogP contribution in [0.4, 0.5) is 0 Å². The van der Waals surface area contributed by atoms with Crippen LogP contribution in [-0.4, -0.2) is 81.3 Å². The molecule has 0 saturated carbocycles. The van der Waals surface area contributed by atoms with Crippen LogP contribution < -0.4 is 10.6 Å². The van der Waals surface area contributed by atoms with Crippen molar-refractivity contribution in [2.24, 2.45) is 4.99 Å². The van der Waals surface area contributed by atoms with E-state index in [-0.39, 0.29) is 24.0 Å². The topological polar surface area (TPSA) is 52.1 Å². The second-order valence-corrected chi connectivity index (χ2v) is 7.84. The number of morpholine rings is 1. The molecule has 1 aromatic rings. The number of hydrogen-bond donors (Lipinski definition) is 2. The van der Waals surface area contributed by atoms with Crippen molar-refractivity contribution < 1.29 is 4.74 Å². The van der Waals surface area contributed by atoms with Crippen LogP contribution in [-0.2, 0) is 4.74 Å². The number of guanidine groups is 1. The standard InChI is InChI=1S/C22H37N5O.HI/c1-4-26-10-6-9-20(26)16-24-22(23-3)25-17-21(27-11-13-28-14-12-27)19-8-5-7-18(2)15-19;/h5,7-8,15,20-21H,4,6,9-14,16-17H2,1-3H3,(H2,23,24,25);1H. The number of likely N-dealkylation sites (tertiary alicyclic amines) is 1. The van der Waals surface area contributed by atoms with Crippen LogP contribution in [0.25, 0.3) is 0 Å². The van der Waals surface area contributed by atoms with E-state index in [1.165, 1.54) is 30.5 Å². The molecule has 2 aliphatic rings. The van der Waals surface area contributed by atoms with E-state index in [1.807, 2.05) is 7.05 Å². The Balaban J connectivity index is 0.00000300. The summed E-state index contributed by atoms with van der Waals surface area (Å²) in [5, 5.41) is 7.13. The van der Waals surface area contributed by atoms with E-state index in [1.54, 1.807) is 0 Å². The third kappa shape index (κ3) is 7.08. The van der Waals surface area contributed by atoms with E-state index in [2.05, 4.69) is 63.5 Å². The summed E-state index contributed by atoms with van der Waals surface area (Å²) in [6, 6.07) is 9.80. The number of ether oxygens (including phenoxy) is 1. The lowest BCUT2D eigenvalue weighted by atomic mass is 10.0. The first-order valence-electron chi connectivity index (χ1n) is 10.8. The summed E-state index contributed by atoms with van der Waals surface area (Å²) >= 11 is 0. The molecule has 2 atom stereocenters. The number of nitrogens with one attached hydrogen (secondary N) is 2. The first-order chi connectivity index (χ1) is 13.7. The summed E-state index contributed by atoms with van der Waals surface area (Å²) in [7, 11) is 1.86. The lowest BCUT2D eigenvalue weighted by Crippen LogP contribution is -2.48. The third-order valence-corrected chi connectivity index (χ3v) is 6.01. The van der Waals surface area contributed by atoms with Crippen LogP contribution in [0.15, 0.2) is 29.3 Å². The molecule has 2 unspecified atom stereocenters. The quantitative estimate of drug-likeness (QED) is 0.332. The number of aliphatic imine (C=N–C) groups is 1. The average Bonchev–Trinajstić information content (AvgIpc) is 3.19. The summed E-state index contributed by atoms with van der Waals surface area (Å²) in [6.07, 6.45) is 2.58. The summed E-state index contributed by atoms with van der Waals surface area (Å²) in [6.45, 7) is 12.1. The molecule has 2 heterocycles. The van der Waals surface area contributed by atoms with Gasteiger partial charge < -0.3 is 15.4 Å². The molecule has 164 valence electrons. The zero-order chi connectivity index (χ0) is 19.8. The van der Waals surface area contributed by atoms with Crippen LogP contribution in [0.5, 0.6) is 0 Å². The zero-order valence-electron chi connectivity index (χ0n) is 18.2. The van der Waals surface area contributed by atoms with Crippen LogP contribution >= 0.6 is 24.0 Å². The fourth-order valence-electron chi connectivity index (χ4n) is 4.40. The highest BCUT2D eigenvalue weighted by Crippen LogP contribution is 2.22. The Labute approximate surface area is 193 Å². The maximum absolute atomic E-state index is 5.57. The number of aryl methyl sites for hydroxylation is 1. The number of nitrogens with zero attached hydrogens (tertiary/aromatic N) is 3. The van der Waals surface area contributed by atoms with Crippen LogP contribution in [0.2, 0.25) is 0 Å². The van der Waals surface area contributed by atoms with Crippen molar-refractivity contribution in [1.82, 2.24) is 20.4 Å². The van der Waals surface area contributed by atoms with E-state index in [9.17, 15) is 0 Å².